The topological polar surface area (TPSA) is 52.7 Å². The second-order valence-corrected chi connectivity index (χ2v) is 5.83. The first-order valence-corrected chi connectivity index (χ1v) is 8.21. The van der Waals surface area contributed by atoms with Gasteiger partial charge in [0.25, 0.3) is 0 Å². The van der Waals surface area contributed by atoms with Crippen molar-refractivity contribution in [2.75, 3.05) is 26.2 Å². The summed E-state index contributed by atoms with van der Waals surface area (Å²) in [4.78, 5) is 28.5. The summed E-state index contributed by atoms with van der Waals surface area (Å²) in [6.07, 6.45) is 3.52. The van der Waals surface area contributed by atoms with Crippen molar-refractivity contribution in [2.45, 2.75) is 19.0 Å². The summed E-state index contributed by atoms with van der Waals surface area (Å²) in [5.74, 6) is -0.0854. The highest BCUT2D eigenvalue weighted by molar-refractivity contribution is 5.89. The van der Waals surface area contributed by atoms with Crippen molar-refractivity contribution in [3.05, 3.63) is 61.2 Å². The molecule has 0 spiro atoms. The summed E-state index contributed by atoms with van der Waals surface area (Å²) in [6.45, 7) is 10.2. The molecule has 0 saturated carbocycles. The Hall–Kier alpha value is -2.11. The van der Waals surface area contributed by atoms with Gasteiger partial charge in [-0.1, -0.05) is 42.5 Å². The van der Waals surface area contributed by atoms with Crippen molar-refractivity contribution < 1.29 is 9.59 Å². The standard InChI is InChI=1S/C19H25N3O2.ClH/c1-3-11-21(12-4-2)18(23)14-17-19(24)22(13-10-20-17)15-16-8-6-5-7-9-16;/h3-9,17,20H,1-2,10-15H2;1H. The third-order valence-electron chi connectivity index (χ3n) is 4.03. The summed E-state index contributed by atoms with van der Waals surface area (Å²) < 4.78 is 0. The van der Waals surface area contributed by atoms with E-state index in [-0.39, 0.29) is 30.6 Å². The molecule has 0 aliphatic carbocycles. The minimum absolute atomic E-state index is 0. The van der Waals surface area contributed by atoms with Crippen LogP contribution in [0.3, 0.4) is 0 Å². The first-order valence-electron chi connectivity index (χ1n) is 8.21. The van der Waals surface area contributed by atoms with Gasteiger partial charge in [-0.3, -0.25) is 9.59 Å². The van der Waals surface area contributed by atoms with E-state index in [4.69, 9.17) is 0 Å². The average Bonchev–Trinajstić information content (AvgIpc) is 2.59. The molecule has 0 radical (unpaired) electrons. The van der Waals surface area contributed by atoms with Gasteiger partial charge in [-0.2, -0.15) is 0 Å². The number of halogens is 1. The molecule has 1 aliphatic rings. The molecule has 1 saturated heterocycles. The van der Waals surface area contributed by atoms with E-state index in [0.717, 1.165) is 5.56 Å². The van der Waals surface area contributed by atoms with Crippen LogP contribution in [0.4, 0.5) is 0 Å². The van der Waals surface area contributed by atoms with Crippen molar-refractivity contribution in [3.63, 3.8) is 0 Å². The van der Waals surface area contributed by atoms with E-state index in [9.17, 15) is 9.59 Å². The van der Waals surface area contributed by atoms with E-state index in [1.165, 1.54) is 0 Å². The van der Waals surface area contributed by atoms with Crippen molar-refractivity contribution in [1.82, 2.24) is 15.1 Å². The Morgan fingerprint density at radius 1 is 1.24 bits per heavy atom. The van der Waals surface area contributed by atoms with E-state index >= 15 is 0 Å². The van der Waals surface area contributed by atoms with Crippen LogP contribution < -0.4 is 5.32 Å². The van der Waals surface area contributed by atoms with Gasteiger partial charge in [-0.25, -0.2) is 0 Å². The number of benzene rings is 1. The Morgan fingerprint density at radius 2 is 1.88 bits per heavy atom. The number of rotatable bonds is 8. The molecule has 1 heterocycles. The lowest BCUT2D eigenvalue weighted by molar-refractivity contribution is -0.141. The molecular weight excluding hydrogens is 338 g/mol. The number of carbonyl (C=O) groups excluding carboxylic acids is 2. The van der Waals surface area contributed by atoms with E-state index in [0.29, 0.717) is 32.7 Å². The van der Waals surface area contributed by atoms with Gasteiger partial charge in [0.15, 0.2) is 0 Å². The molecule has 1 fully saturated rings. The molecule has 1 aromatic carbocycles. The minimum Gasteiger partial charge on any atom is -0.336 e. The molecule has 6 heteroatoms. The Kier molecular flexibility index (Phi) is 8.95. The van der Waals surface area contributed by atoms with E-state index in [1.807, 2.05) is 35.2 Å². The largest absolute Gasteiger partial charge is 0.336 e. The van der Waals surface area contributed by atoms with Crippen LogP contribution in [-0.2, 0) is 16.1 Å². The minimum atomic E-state index is -0.466. The number of nitrogens with one attached hydrogen (secondary N) is 1. The molecule has 136 valence electrons. The lowest BCUT2D eigenvalue weighted by Gasteiger charge is -2.34. The van der Waals surface area contributed by atoms with E-state index < -0.39 is 6.04 Å². The molecule has 1 unspecified atom stereocenters. The number of hydrogen-bond acceptors (Lipinski definition) is 3. The van der Waals surface area contributed by atoms with Crippen LogP contribution in [0.2, 0.25) is 0 Å². The van der Waals surface area contributed by atoms with Gasteiger partial charge in [0, 0.05) is 32.7 Å². The number of hydrogen-bond donors (Lipinski definition) is 1. The Balaban J connectivity index is 0.00000312. The number of amides is 2. The van der Waals surface area contributed by atoms with Crippen molar-refractivity contribution in [3.8, 4) is 0 Å². The summed E-state index contributed by atoms with van der Waals surface area (Å²) in [5.41, 5.74) is 1.10. The Bertz CT molecular complexity index is 582. The van der Waals surface area contributed by atoms with Gasteiger partial charge in [0.2, 0.25) is 11.8 Å². The molecule has 1 aliphatic heterocycles. The summed E-state index contributed by atoms with van der Waals surface area (Å²) in [7, 11) is 0. The number of carbonyl (C=O) groups is 2. The van der Waals surface area contributed by atoms with E-state index in [2.05, 4.69) is 18.5 Å². The van der Waals surface area contributed by atoms with Gasteiger partial charge in [0.1, 0.15) is 0 Å². The quantitative estimate of drug-likeness (QED) is 0.719. The fraction of sp³-hybridized carbons (Fsp3) is 0.368. The highest BCUT2D eigenvalue weighted by Gasteiger charge is 2.31. The first-order chi connectivity index (χ1) is 11.7. The molecule has 1 aromatic rings. The maximum absolute atomic E-state index is 12.7. The second-order valence-electron chi connectivity index (χ2n) is 5.83. The predicted octanol–water partition coefficient (Wildman–Crippen LogP) is 2.00. The van der Waals surface area contributed by atoms with Crippen LogP contribution in [0.1, 0.15) is 12.0 Å². The zero-order chi connectivity index (χ0) is 17.4. The molecule has 0 aromatic heterocycles. The lowest BCUT2D eigenvalue weighted by atomic mass is 10.1. The first kappa shape index (κ1) is 20.9. The molecule has 2 amide bonds. The number of nitrogens with zero attached hydrogens (tertiary/aromatic N) is 2. The predicted molar refractivity (Wildman–Crippen MR) is 102 cm³/mol. The molecular formula is C19H26ClN3O2. The van der Waals surface area contributed by atoms with Crippen molar-refractivity contribution >= 4 is 24.2 Å². The summed E-state index contributed by atoms with van der Waals surface area (Å²) in [5, 5.41) is 3.16. The summed E-state index contributed by atoms with van der Waals surface area (Å²) >= 11 is 0. The fourth-order valence-electron chi connectivity index (χ4n) is 2.81. The van der Waals surface area contributed by atoms with Crippen molar-refractivity contribution in [2.24, 2.45) is 0 Å². The molecule has 1 atom stereocenters. The smallest absolute Gasteiger partial charge is 0.240 e. The monoisotopic (exact) mass is 363 g/mol. The van der Waals surface area contributed by atoms with Gasteiger partial charge in [0.05, 0.1) is 12.5 Å². The van der Waals surface area contributed by atoms with Crippen LogP contribution >= 0.6 is 12.4 Å². The maximum Gasteiger partial charge on any atom is 0.240 e. The van der Waals surface area contributed by atoms with Gasteiger partial charge >= 0.3 is 0 Å². The average molecular weight is 364 g/mol. The molecule has 1 N–H and O–H groups in total. The maximum atomic E-state index is 12.7. The second kappa shape index (κ2) is 10.7. The van der Waals surface area contributed by atoms with Gasteiger partial charge in [-0.15, -0.1) is 25.6 Å². The van der Waals surface area contributed by atoms with Crippen molar-refractivity contribution in [1.29, 1.82) is 0 Å². The summed E-state index contributed by atoms with van der Waals surface area (Å²) in [6, 6.07) is 9.43. The Labute approximate surface area is 155 Å². The van der Waals surface area contributed by atoms with Crippen LogP contribution in [0.15, 0.2) is 55.6 Å². The fourth-order valence-corrected chi connectivity index (χ4v) is 2.81. The Morgan fingerprint density at radius 3 is 2.48 bits per heavy atom. The number of piperazine rings is 1. The van der Waals surface area contributed by atoms with Crippen LogP contribution in [-0.4, -0.2) is 53.8 Å². The molecule has 0 bridgehead atoms. The SMILES string of the molecule is C=CCN(CC=C)C(=O)CC1NCCN(Cc2ccccc2)C1=O.Cl. The third kappa shape index (κ3) is 6.03. The zero-order valence-electron chi connectivity index (χ0n) is 14.4. The highest BCUT2D eigenvalue weighted by Crippen LogP contribution is 2.12. The highest BCUT2D eigenvalue weighted by atomic mass is 35.5. The van der Waals surface area contributed by atoms with Gasteiger partial charge < -0.3 is 15.1 Å². The van der Waals surface area contributed by atoms with Crippen LogP contribution in [0.25, 0.3) is 0 Å². The zero-order valence-corrected chi connectivity index (χ0v) is 15.2. The van der Waals surface area contributed by atoms with Crippen LogP contribution in [0.5, 0.6) is 0 Å². The van der Waals surface area contributed by atoms with Crippen LogP contribution in [0, 0.1) is 0 Å². The lowest BCUT2D eigenvalue weighted by Crippen LogP contribution is -2.56. The van der Waals surface area contributed by atoms with Gasteiger partial charge in [-0.05, 0) is 5.56 Å². The normalized spacial score (nSPS) is 16.7. The third-order valence-corrected chi connectivity index (χ3v) is 4.03. The molecule has 5 nitrogen and oxygen atoms in total. The molecule has 2 rings (SSSR count). The molecule has 25 heavy (non-hydrogen) atoms. The van der Waals surface area contributed by atoms with E-state index in [1.54, 1.807) is 17.1 Å².